The number of nitrogens with zero attached hydrogens (tertiary/aromatic N) is 3. The van der Waals surface area contributed by atoms with Gasteiger partial charge >= 0.3 is 6.18 Å². The van der Waals surface area contributed by atoms with Crippen LogP contribution in [0.4, 0.5) is 13.2 Å². The topological polar surface area (TPSA) is 61.2 Å². The summed E-state index contributed by atoms with van der Waals surface area (Å²) in [5, 5.41) is 12.8. The number of alkyl halides is 3. The van der Waals surface area contributed by atoms with E-state index in [-0.39, 0.29) is 0 Å². The second-order valence-electron chi connectivity index (χ2n) is 7.91. The molecule has 0 unspecified atom stereocenters. The smallest absolute Gasteiger partial charge is 0.416 e. The Kier molecular flexibility index (Phi) is 5.93. The van der Waals surface area contributed by atoms with E-state index in [1.807, 2.05) is 4.90 Å². The first-order chi connectivity index (χ1) is 14.4. The molecule has 0 atom stereocenters. The first kappa shape index (κ1) is 20.6. The minimum Gasteiger partial charge on any atom is -0.490 e. The lowest BCUT2D eigenvalue weighted by Crippen LogP contribution is -2.30. The average Bonchev–Trinajstić information content (AvgIpc) is 3.14. The van der Waals surface area contributed by atoms with E-state index in [2.05, 4.69) is 16.4 Å². The first-order valence-corrected chi connectivity index (χ1v) is 10.1. The zero-order valence-corrected chi connectivity index (χ0v) is 16.5. The van der Waals surface area contributed by atoms with Crippen LogP contribution in [0.2, 0.25) is 0 Å². The van der Waals surface area contributed by atoms with Gasteiger partial charge in [-0.15, -0.1) is 0 Å². The predicted molar refractivity (Wildman–Crippen MR) is 104 cm³/mol. The van der Waals surface area contributed by atoms with Crippen molar-refractivity contribution in [1.82, 2.24) is 15.2 Å². The van der Waals surface area contributed by atoms with Gasteiger partial charge in [0.05, 0.1) is 29.6 Å². The number of hydrogen-bond acceptors (Lipinski definition) is 5. The summed E-state index contributed by atoms with van der Waals surface area (Å²) >= 11 is 0. The molecule has 1 N–H and O–H groups in total. The molecule has 0 saturated carbocycles. The van der Waals surface area contributed by atoms with Crippen LogP contribution < -0.4 is 10.1 Å². The van der Waals surface area contributed by atoms with Crippen molar-refractivity contribution in [2.45, 2.75) is 38.7 Å². The van der Waals surface area contributed by atoms with Gasteiger partial charge in [-0.25, -0.2) is 0 Å². The fourth-order valence-electron chi connectivity index (χ4n) is 4.01. The number of benzene rings is 1. The largest absolute Gasteiger partial charge is 0.490 e. The minimum absolute atomic E-state index is 0.427. The summed E-state index contributed by atoms with van der Waals surface area (Å²) in [4.78, 5) is 6.44. The Morgan fingerprint density at radius 2 is 1.93 bits per heavy atom. The minimum atomic E-state index is -4.34. The van der Waals surface area contributed by atoms with Gasteiger partial charge in [0.25, 0.3) is 0 Å². The van der Waals surface area contributed by atoms with E-state index in [1.54, 1.807) is 18.3 Å². The molecule has 0 spiro atoms. The van der Waals surface area contributed by atoms with E-state index in [1.165, 1.54) is 6.07 Å². The highest BCUT2D eigenvalue weighted by molar-refractivity contribution is 5.42. The number of pyridine rings is 1. The summed E-state index contributed by atoms with van der Waals surface area (Å²) in [5.74, 6) is 0.960. The van der Waals surface area contributed by atoms with Crippen molar-refractivity contribution in [3.05, 3.63) is 58.4 Å². The molecule has 1 fully saturated rings. The van der Waals surface area contributed by atoms with Gasteiger partial charge in [-0.3, -0.25) is 9.88 Å². The van der Waals surface area contributed by atoms with E-state index in [4.69, 9.17) is 4.74 Å². The highest BCUT2D eigenvalue weighted by atomic mass is 19.4. The summed E-state index contributed by atoms with van der Waals surface area (Å²) in [6.45, 7) is 3.99. The van der Waals surface area contributed by atoms with Gasteiger partial charge in [0.1, 0.15) is 6.07 Å². The SMILES string of the molecule is N#Cc1cc(CN2Cc3ccc(C(F)(F)F)cc3C2)ncc1OCC1CCNCC1. The molecule has 2 aromatic rings. The molecule has 30 heavy (non-hydrogen) atoms. The van der Waals surface area contributed by atoms with Crippen LogP contribution in [-0.2, 0) is 25.8 Å². The van der Waals surface area contributed by atoms with Crippen molar-refractivity contribution >= 4 is 0 Å². The second kappa shape index (κ2) is 8.62. The molecule has 0 bridgehead atoms. The Labute approximate surface area is 173 Å². The van der Waals surface area contributed by atoms with Crippen molar-refractivity contribution in [3.8, 4) is 11.8 Å². The van der Waals surface area contributed by atoms with Crippen molar-refractivity contribution in [2.24, 2.45) is 5.92 Å². The van der Waals surface area contributed by atoms with Gasteiger partial charge in [0, 0.05) is 19.6 Å². The quantitative estimate of drug-likeness (QED) is 0.802. The third-order valence-corrected chi connectivity index (χ3v) is 5.68. The summed E-state index contributed by atoms with van der Waals surface area (Å²) in [7, 11) is 0. The number of rotatable bonds is 5. The van der Waals surface area contributed by atoms with Crippen LogP contribution in [0.15, 0.2) is 30.5 Å². The van der Waals surface area contributed by atoms with Gasteiger partial charge in [-0.1, -0.05) is 6.07 Å². The third kappa shape index (κ3) is 4.74. The van der Waals surface area contributed by atoms with Gasteiger partial charge in [0.2, 0.25) is 0 Å². The van der Waals surface area contributed by atoms with Gasteiger partial charge in [-0.2, -0.15) is 18.4 Å². The molecule has 2 aliphatic heterocycles. The summed E-state index contributed by atoms with van der Waals surface area (Å²) < 4.78 is 44.7. The predicted octanol–water partition coefficient (Wildman–Crippen LogP) is 3.87. The fourth-order valence-corrected chi connectivity index (χ4v) is 4.01. The van der Waals surface area contributed by atoms with Gasteiger partial charge < -0.3 is 10.1 Å². The molecule has 3 heterocycles. The van der Waals surface area contributed by atoms with Crippen molar-refractivity contribution in [1.29, 1.82) is 5.26 Å². The third-order valence-electron chi connectivity index (χ3n) is 5.68. The van der Waals surface area contributed by atoms with Crippen LogP contribution >= 0.6 is 0 Å². The first-order valence-electron chi connectivity index (χ1n) is 10.1. The number of nitriles is 1. The lowest BCUT2D eigenvalue weighted by atomic mass is 9.99. The van der Waals surface area contributed by atoms with Crippen LogP contribution in [0.5, 0.6) is 5.75 Å². The van der Waals surface area contributed by atoms with Gasteiger partial charge in [-0.05, 0) is 61.2 Å². The maximum absolute atomic E-state index is 12.9. The highest BCUT2D eigenvalue weighted by Gasteiger charge is 2.32. The molecular weight excluding hydrogens is 393 g/mol. The molecule has 0 radical (unpaired) electrons. The average molecular weight is 416 g/mol. The van der Waals surface area contributed by atoms with Gasteiger partial charge in [0.15, 0.2) is 5.75 Å². The summed E-state index contributed by atoms with van der Waals surface area (Å²) in [6, 6.07) is 7.78. The number of halogens is 3. The number of nitrogens with one attached hydrogen (secondary N) is 1. The van der Waals surface area contributed by atoms with E-state index in [0.29, 0.717) is 54.7 Å². The Balaban J connectivity index is 1.39. The van der Waals surface area contributed by atoms with Crippen LogP contribution in [-0.4, -0.2) is 29.6 Å². The number of fused-ring (bicyclic) bond motifs is 1. The molecule has 0 aliphatic carbocycles. The van der Waals surface area contributed by atoms with Crippen LogP contribution in [0.3, 0.4) is 0 Å². The maximum Gasteiger partial charge on any atom is 0.416 e. The Morgan fingerprint density at radius 1 is 1.17 bits per heavy atom. The normalized spacial score (nSPS) is 17.5. The number of hydrogen-bond donors (Lipinski definition) is 1. The zero-order chi connectivity index (χ0) is 21.1. The number of piperidine rings is 1. The van der Waals surface area contributed by atoms with Crippen molar-refractivity contribution < 1.29 is 17.9 Å². The van der Waals surface area contributed by atoms with E-state index < -0.39 is 11.7 Å². The molecule has 8 heteroatoms. The lowest BCUT2D eigenvalue weighted by Gasteiger charge is -2.23. The Bertz CT molecular complexity index is 948. The molecule has 2 aliphatic rings. The molecule has 158 valence electrons. The van der Waals surface area contributed by atoms with E-state index in [9.17, 15) is 18.4 Å². The summed E-state index contributed by atoms with van der Waals surface area (Å²) in [6.07, 6.45) is -0.645. The van der Waals surface area contributed by atoms with Crippen LogP contribution in [0.1, 0.15) is 40.8 Å². The monoisotopic (exact) mass is 416 g/mol. The van der Waals surface area contributed by atoms with Crippen LogP contribution in [0.25, 0.3) is 0 Å². The van der Waals surface area contributed by atoms with Crippen molar-refractivity contribution in [3.63, 3.8) is 0 Å². The molecule has 1 saturated heterocycles. The van der Waals surface area contributed by atoms with E-state index >= 15 is 0 Å². The molecular formula is C22H23F3N4O. The standard InChI is InChI=1S/C22H23F3N4O/c23-22(24,25)19-2-1-16-11-29(12-18(16)7-19)13-20-8-17(9-26)21(10-28-20)30-14-15-3-5-27-6-4-15/h1-2,7-8,10,15,27H,3-6,11-14H2. The van der Waals surface area contributed by atoms with Crippen molar-refractivity contribution in [2.75, 3.05) is 19.7 Å². The molecule has 0 amide bonds. The van der Waals surface area contributed by atoms with E-state index in [0.717, 1.165) is 37.6 Å². The number of ether oxygens (including phenoxy) is 1. The zero-order valence-electron chi connectivity index (χ0n) is 16.5. The Morgan fingerprint density at radius 3 is 2.67 bits per heavy atom. The molecule has 1 aromatic carbocycles. The molecule has 4 rings (SSSR count). The molecule has 5 nitrogen and oxygen atoms in total. The van der Waals surface area contributed by atoms with Crippen LogP contribution in [0, 0.1) is 17.2 Å². The maximum atomic E-state index is 12.9. The molecule has 1 aromatic heterocycles. The summed E-state index contributed by atoms with van der Waals surface area (Å²) in [5.41, 5.74) is 2.09. The fraction of sp³-hybridized carbons (Fsp3) is 0.455. The number of aromatic nitrogens is 1. The lowest BCUT2D eigenvalue weighted by molar-refractivity contribution is -0.137. The highest BCUT2D eigenvalue weighted by Crippen LogP contribution is 2.33. The Hall–Kier alpha value is -2.63. The second-order valence-corrected chi connectivity index (χ2v) is 7.91.